The van der Waals surface area contributed by atoms with Gasteiger partial charge in [0.25, 0.3) is 0 Å². The van der Waals surface area contributed by atoms with Crippen LogP contribution in [0.2, 0.25) is 5.02 Å². The van der Waals surface area contributed by atoms with Gasteiger partial charge in [0, 0.05) is 19.3 Å². The lowest BCUT2D eigenvalue weighted by Gasteiger charge is -2.21. The van der Waals surface area contributed by atoms with Crippen molar-refractivity contribution in [2.75, 3.05) is 32.5 Å². The molecule has 1 aromatic rings. The highest BCUT2D eigenvalue weighted by Crippen LogP contribution is 2.09. The summed E-state index contributed by atoms with van der Waals surface area (Å²) in [5, 5.41) is 16.1. The summed E-state index contributed by atoms with van der Waals surface area (Å²) in [5.41, 5.74) is 0. The van der Waals surface area contributed by atoms with E-state index in [1.54, 1.807) is 19.0 Å². The Morgan fingerprint density at radius 1 is 1.30 bits per heavy atom. The molecule has 0 unspecified atom stereocenters. The topological polar surface area (TPSA) is 124 Å². The van der Waals surface area contributed by atoms with Crippen LogP contribution >= 0.6 is 11.6 Å². The third kappa shape index (κ3) is 7.43. The van der Waals surface area contributed by atoms with Gasteiger partial charge in [-0.05, 0) is 26.2 Å². The monoisotopic (exact) mass is 343 g/mol. The molecule has 0 spiro atoms. The lowest BCUT2D eigenvalue weighted by molar-refractivity contribution is -0.136. The van der Waals surface area contributed by atoms with Gasteiger partial charge in [0.1, 0.15) is 5.82 Å². The van der Waals surface area contributed by atoms with E-state index in [0.29, 0.717) is 11.6 Å². The number of carbonyl (C=O) groups excluding carboxylic acids is 2. The van der Waals surface area contributed by atoms with Crippen LogP contribution in [-0.4, -0.2) is 66.1 Å². The van der Waals surface area contributed by atoms with Gasteiger partial charge in [-0.1, -0.05) is 11.6 Å². The molecular weight excluding hydrogens is 326 g/mol. The zero-order chi connectivity index (χ0) is 17.4. The third-order valence-corrected chi connectivity index (χ3v) is 2.82. The van der Waals surface area contributed by atoms with Gasteiger partial charge in [0.2, 0.25) is 0 Å². The van der Waals surface area contributed by atoms with E-state index < -0.39 is 23.9 Å². The van der Waals surface area contributed by atoms with Crippen molar-refractivity contribution in [2.45, 2.75) is 6.04 Å². The average Bonchev–Trinajstić information content (AvgIpc) is 2.45. The predicted molar refractivity (Wildman–Crippen MR) is 84.4 cm³/mol. The van der Waals surface area contributed by atoms with Crippen molar-refractivity contribution in [3.63, 3.8) is 0 Å². The van der Waals surface area contributed by atoms with E-state index in [2.05, 4.69) is 20.9 Å². The molecule has 3 amide bonds. The Bertz CT molecular complexity index is 564. The van der Waals surface area contributed by atoms with Crippen LogP contribution in [-0.2, 0) is 9.59 Å². The maximum Gasteiger partial charge on any atom is 0.404 e. The van der Waals surface area contributed by atoms with E-state index in [1.165, 1.54) is 18.3 Å². The van der Waals surface area contributed by atoms with Gasteiger partial charge >= 0.3 is 17.9 Å². The van der Waals surface area contributed by atoms with Gasteiger partial charge < -0.3 is 26.0 Å². The molecule has 0 aliphatic rings. The fourth-order valence-corrected chi connectivity index (χ4v) is 1.81. The van der Waals surface area contributed by atoms with E-state index in [0.717, 1.165) is 0 Å². The van der Waals surface area contributed by atoms with E-state index in [1.807, 2.05) is 0 Å². The second-order valence-corrected chi connectivity index (χ2v) is 5.37. The molecule has 0 saturated heterocycles. The van der Waals surface area contributed by atoms with Crippen LogP contribution in [0.3, 0.4) is 0 Å². The Labute approximate surface area is 138 Å². The number of nitrogens with one attached hydrogen (secondary N) is 3. The Morgan fingerprint density at radius 3 is 2.52 bits per heavy atom. The Kier molecular flexibility index (Phi) is 7.23. The van der Waals surface area contributed by atoms with Crippen molar-refractivity contribution in [2.24, 2.45) is 0 Å². The molecule has 4 N–H and O–H groups in total. The summed E-state index contributed by atoms with van der Waals surface area (Å²) < 4.78 is 0. The van der Waals surface area contributed by atoms with E-state index >= 15 is 0 Å². The molecule has 1 aromatic heterocycles. The van der Waals surface area contributed by atoms with Crippen molar-refractivity contribution >= 4 is 35.3 Å². The second-order valence-electron chi connectivity index (χ2n) is 4.93. The number of pyridine rings is 1. The normalized spacial score (nSPS) is 11.7. The lowest BCUT2D eigenvalue weighted by atomic mass is 10.2. The van der Waals surface area contributed by atoms with Gasteiger partial charge in [-0.15, -0.1) is 0 Å². The molecule has 0 fully saturated rings. The largest absolute Gasteiger partial charge is 0.465 e. The number of hydrogen-bond donors (Lipinski definition) is 4. The lowest BCUT2D eigenvalue weighted by Crippen LogP contribution is -2.50. The SMILES string of the molecule is CN(C)C[C@H](CNC(=O)C(=O)Nc1ccc(Cl)cn1)NC(=O)O. The van der Waals surface area contributed by atoms with Gasteiger partial charge in [0.15, 0.2) is 0 Å². The summed E-state index contributed by atoms with van der Waals surface area (Å²) in [6.45, 7) is 0.345. The van der Waals surface area contributed by atoms with Crippen LogP contribution < -0.4 is 16.0 Å². The van der Waals surface area contributed by atoms with Crippen LogP contribution in [0.15, 0.2) is 18.3 Å². The number of carbonyl (C=O) groups is 3. The molecule has 0 radical (unpaired) electrons. The number of amides is 3. The third-order valence-electron chi connectivity index (χ3n) is 2.60. The molecule has 0 bridgehead atoms. The number of anilines is 1. The molecule has 0 aliphatic heterocycles. The molecule has 10 heteroatoms. The molecule has 126 valence electrons. The van der Waals surface area contributed by atoms with Crippen molar-refractivity contribution in [3.05, 3.63) is 23.4 Å². The minimum absolute atomic E-state index is 0.0230. The van der Waals surface area contributed by atoms with Crippen LogP contribution in [0.25, 0.3) is 0 Å². The molecule has 1 heterocycles. The summed E-state index contributed by atoms with van der Waals surface area (Å²) >= 11 is 5.66. The number of likely N-dealkylation sites (N-methyl/N-ethyl adjacent to an activating group) is 1. The summed E-state index contributed by atoms with van der Waals surface area (Å²) in [6, 6.07) is 2.42. The van der Waals surface area contributed by atoms with Crippen LogP contribution in [0.4, 0.5) is 10.6 Å². The molecule has 0 aliphatic carbocycles. The van der Waals surface area contributed by atoms with Crippen molar-refractivity contribution in [1.82, 2.24) is 20.5 Å². The van der Waals surface area contributed by atoms with Crippen molar-refractivity contribution in [3.8, 4) is 0 Å². The average molecular weight is 344 g/mol. The number of carboxylic acid groups (broad SMARTS) is 1. The minimum Gasteiger partial charge on any atom is -0.465 e. The molecule has 1 rings (SSSR count). The predicted octanol–water partition coefficient (Wildman–Crippen LogP) is -0.0125. The number of rotatable bonds is 6. The first-order valence-electron chi connectivity index (χ1n) is 6.63. The van der Waals surface area contributed by atoms with E-state index in [9.17, 15) is 14.4 Å². The van der Waals surface area contributed by atoms with Crippen molar-refractivity contribution < 1.29 is 19.5 Å². The maximum absolute atomic E-state index is 11.7. The zero-order valence-corrected chi connectivity index (χ0v) is 13.4. The standard InChI is InChI=1S/C13H18ClN5O4/c1-19(2)7-9(17-13(22)23)6-16-11(20)12(21)18-10-4-3-8(14)5-15-10/h3-5,9,17H,6-7H2,1-2H3,(H,16,20)(H,22,23)(H,15,18,21)/t9-/m0/s1. The quantitative estimate of drug-likeness (QED) is 0.538. The Hall–Kier alpha value is -2.39. The highest BCUT2D eigenvalue weighted by atomic mass is 35.5. The Morgan fingerprint density at radius 2 is 2.00 bits per heavy atom. The zero-order valence-electron chi connectivity index (χ0n) is 12.7. The molecule has 0 aromatic carbocycles. The fourth-order valence-electron chi connectivity index (χ4n) is 1.70. The van der Waals surface area contributed by atoms with Gasteiger partial charge in [0.05, 0.1) is 11.1 Å². The minimum atomic E-state index is -1.21. The first-order chi connectivity index (χ1) is 10.8. The van der Waals surface area contributed by atoms with Crippen LogP contribution in [0.5, 0.6) is 0 Å². The highest BCUT2D eigenvalue weighted by Gasteiger charge is 2.18. The van der Waals surface area contributed by atoms with Gasteiger partial charge in [-0.3, -0.25) is 9.59 Å². The van der Waals surface area contributed by atoms with Crippen LogP contribution in [0.1, 0.15) is 0 Å². The number of halogens is 1. The van der Waals surface area contributed by atoms with Gasteiger partial charge in [-0.2, -0.15) is 0 Å². The van der Waals surface area contributed by atoms with E-state index in [4.69, 9.17) is 16.7 Å². The highest BCUT2D eigenvalue weighted by molar-refractivity contribution is 6.39. The first kappa shape index (κ1) is 18.7. The summed E-state index contributed by atoms with van der Waals surface area (Å²) in [5.74, 6) is -1.61. The van der Waals surface area contributed by atoms with Gasteiger partial charge in [-0.25, -0.2) is 9.78 Å². The summed E-state index contributed by atoms with van der Waals surface area (Å²) in [6.07, 6.45) is 0.125. The number of aromatic nitrogens is 1. The summed E-state index contributed by atoms with van der Waals surface area (Å²) in [4.78, 5) is 39.7. The molecule has 9 nitrogen and oxygen atoms in total. The second kappa shape index (κ2) is 8.91. The smallest absolute Gasteiger partial charge is 0.404 e. The fraction of sp³-hybridized carbons (Fsp3) is 0.385. The molecule has 1 atom stereocenters. The van der Waals surface area contributed by atoms with Crippen molar-refractivity contribution in [1.29, 1.82) is 0 Å². The Balaban J connectivity index is 2.50. The summed E-state index contributed by atoms with van der Waals surface area (Å²) in [7, 11) is 3.52. The first-order valence-corrected chi connectivity index (χ1v) is 7.00. The van der Waals surface area contributed by atoms with Crippen LogP contribution in [0, 0.1) is 0 Å². The number of hydrogen-bond acceptors (Lipinski definition) is 5. The maximum atomic E-state index is 11.7. The molecule has 23 heavy (non-hydrogen) atoms. The van der Waals surface area contributed by atoms with E-state index in [-0.39, 0.29) is 12.4 Å². The molecule has 0 saturated carbocycles. The number of nitrogens with zero attached hydrogens (tertiary/aromatic N) is 2. The molecular formula is C13H18ClN5O4.